The highest BCUT2D eigenvalue weighted by atomic mass is 16.5. The predicted octanol–water partition coefficient (Wildman–Crippen LogP) is 2.27. The van der Waals surface area contributed by atoms with E-state index in [2.05, 4.69) is 5.32 Å². The first-order valence-corrected chi connectivity index (χ1v) is 5.69. The minimum Gasteiger partial charge on any atom is -0.493 e. The molecule has 0 atom stereocenters. The van der Waals surface area contributed by atoms with Crippen molar-refractivity contribution in [2.75, 3.05) is 20.2 Å². The fourth-order valence-corrected chi connectivity index (χ4v) is 1.44. The lowest BCUT2D eigenvalue weighted by atomic mass is 10.1. The zero-order chi connectivity index (χ0) is 11.8. The van der Waals surface area contributed by atoms with Gasteiger partial charge in [0.15, 0.2) is 5.78 Å². The number of benzene rings is 1. The summed E-state index contributed by atoms with van der Waals surface area (Å²) < 4.78 is 5.60. The Morgan fingerprint density at radius 3 is 2.81 bits per heavy atom. The maximum Gasteiger partial charge on any atom is 0.166 e. The summed E-state index contributed by atoms with van der Waals surface area (Å²) in [6.07, 6.45) is 1.45. The van der Waals surface area contributed by atoms with Crippen molar-refractivity contribution < 1.29 is 9.53 Å². The Hall–Kier alpha value is -1.35. The van der Waals surface area contributed by atoms with Gasteiger partial charge in [-0.3, -0.25) is 4.79 Å². The third kappa shape index (κ3) is 3.66. The molecule has 0 heterocycles. The van der Waals surface area contributed by atoms with E-state index >= 15 is 0 Å². The Labute approximate surface area is 96.8 Å². The lowest BCUT2D eigenvalue weighted by Crippen LogP contribution is -2.12. The van der Waals surface area contributed by atoms with Crippen molar-refractivity contribution in [1.82, 2.24) is 5.32 Å². The van der Waals surface area contributed by atoms with Gasteiger partial charge in [0, 0.05) is 6.42 Å². The van der Waals surface area contributed by atoms with Crippen LogP contribution < -0.4 is 10.1 Å². The van der Waals surface area contributed by atoms with Gasteiger partial charge in [-0.15, -0.1) is 0 Å². The van der Waals surface area contributed by atoms with Crippen molar-refractivity contribution in [1.29, 1.82) is 0 Å². The van der Waals surface area contributed by atoms with Crippen LogP contribution >= 0.6 is 0 Å². The van der Waals surface area contributed by atoms with Crippen LogP contribution in [0.3, 0.4) is 0 Å². The van der Waals surface area contributed by atoms with Crippen LogP contribution in [0.5, 0.6) is 5.75 Å². The number of nitrogens with one attached hydrogen (secondary N) is 1. The summed E-state index contributed by atoms with van der Waals surface area (Å²) in [5.74, 6) is 0.828. The molecular formula is C13H19NO2. The molecular weight excluding hydrogens is 202 g/mol. The molecule has 0 amide bonds. The van der Waals surface area contributed by atoms with Gasteiger partial charge in [0.2, 0.25) is 0 Å². The van der Waals surface area contributed by atoms with Gasteiger partial charge in [0.1, 0.15) is 5.75 Å². The second-order valence-corrected chi connectivity index (χ2v) is 3.58. The lowest BCUT2D eigenvalue weighted by Gasteiger charge is -2.09. The molecule has 0 aromatic heterocycles. The summed E-state index contributed by atoms with van der Waals surface area (Å²) in [7, 11) is 1.91. The first kappa shape index (κ1) is 12.7. The molecule has 1 rings (SSSR count). The molecule has 0 saturated carbocycles. The van der Waals surface area contributed by atoms with Gasteiger partial charge in [-0.05, 0) is 32.1 Å². The van der Waals surface area contributed by atoms with E-state index in [9.17, 15) is 4.79 Å². The second kappa shape index (κ2) is 7.01. The number of ether oxygens (including phenoxy) is 1. The number of para-hydroxylation sites is 1. The van der Waals surface area contributed by atoms with Crippen molar-refractivity contribution in [2.24, 2.45) is 0 Å². The Kier molecular flexibility index (Phi) is 5.57. The number of hydrogen-bond donors (Lipinski definition) is 1. The van der Waals surface area contributed by atoms with Crippen molar-refractivity contribution in [2.45, 2.75) is 19.8 Å². The minimum atomic E-state index is 0.129. The van der Waals surface area contributed by atoms with Crippen LogP contribution in [0, 0.1) is 0 Å². The molecule has 3 heteroatoms. The van der Waals surface area contributed by atoms with Crippen molar-refractivity contribution in [3.05, 3.63) is 29.8 Å². The summed E-state index contributed by atoms with van der Waals surface area (Å²) in [5, 5.41) is 3.06. The molecule has 16 heavy (non-hydrogen) atoms. The summed E-state index contributed by atoms with van der Waals surface area (Å²) >= 11 is 0. The first-order chi connectivity index (χ1) is 7.79. The SMILES string of the molecule is CCC(=O)c1ccccc1OCCCNC. The number of carbonyl (C=O) groups excluding carboxylic acids is 1. The normalized spacial score (nSPS) is 10.1. The second-order valence-electron chi connectivity index (χ2n) is 3.58. The van der Waals surface area contributed by atoms with Crippen LogP contribution in [0.1, 0.15) is 30.1 Å². The standard InChI is InChI=1S/C13H19NO2/c1-3-12(15)11-7-4-5-8-13(11)16-10-6-9-14-2/h4-5,7-8,14H,3,6,9-10H2,1-2H3. The number of Topliss-reactive ketones (excluding diaryl/α,β-unsaturated/α-hetero) is 1. The molecule has 0 radical (unpaired) electrons. The molecule has 1 N–H and O–H groups in total. The van der Waals surface area contributed by atoms with Gasteiger partial charge in [0.05, 0.1) is 12.2 Å². The summed E-state index contributed by atoms with van der Waals surface area (Å²) in [6, 6.07) is 7.42. The summed E-state index contributed by atoms with van der Waals surface area (Å²) in [6.45, 7) is 3.42. The predicted molar refractivity (Wildman–Crippen MR) is 65.1 cm³/mol. The molecule has 0 aliphatic heterocycles. The molecule has 1 aromatic carbocycles. The highest BCUT2D eigenvalue weighted by Crippen LogP contribution is 2.19. The van der Waals surface area contributed by atoms with Gasteiger partial charge in [-0.2, -0.15) is 0 Å². The smallest absolute Gasteiger partial charge is 0.166 e. The fraction of sp³-hybridized carbons (Fsp3) is 0.462. The molecule has 0 aliphatic carbocycles. The number of hydrogen-bond acceptors (Lipinski definition) is 3. The third-order valence-electron chi connectivity index (χ3n) is 2.34. The van der Waals surface area contributed by atoms with Gasteiger partial charge in [0.25, 0.3) is 0 Å². The van der Waals surface area contributed by atoms with Crippen LogP contribution in [-0.2, 0) is 0 Å². The summed E-state index contributed by atoms with van der Waals surface area (Å²) in [4.78, 5) is 11.6. The molecule has 0 spiro atoms. The van der Waals surface area contributed by atoms with Crippen LogP contribution in [0.4, 0.5) is 0 Å². The Balaban J connectivity index is 2.60. The van der Waals surface area contributed by atoms with Crippen LogP contribution in [0.25, 0.3) is 0 Å². The maximum absolute atomic E-state index is 11.6. The minimum absolute atomic E-state index is 0.129. The zero-order valence-corrected chi connectivity index (χ0v) is 9.95. The number of ketones is 1. The zero-order valence-electron chi connectivity index (χ0n) is 9.95. The van der Waals surface area contributed by atoms with Gasteiger partial charge in [-0.25, -0.2) is 0 Å². The highest BCUT2D eigenvalue weighted by molar-refractivity contribution is 5.98. The Morgan fingerprint density at radius 1 is 1.38 bits per heavy atom. The number of carbonyl (C=O) groups is 1. The molecule has 0 aliphatic rings. The summed E-state index contributed by atoms with van der Waals surface area (Å²) in [5.41, 5.74) is 0.689. The lowest BCUT2D eigenvalue weighted by molar-refractivity contribution is 0.0984. The van der Waals surface area contributed by atoms with Crippen LogP contribution in [0.2, 0.25) is 0 Å². The number of rotatable bonds is 7. The van der Waals surface area contributed by atoms with Crippen molar-refractivity contribution >= 4 is 5.78 Å². The van der Waals surface area contributed by atoms with E-state index in [1.807, 2.05) is 38.2 Å². The van der Waals surface area contributed by atoms with Gasteiger partial charge >= 0.3 is 0 Å². The molecule has 0 saturated heterocycles. The van der Waals surface area contributed by atoms with E-state index in [1.54, 1.807) is 0 Å². The third-order valence-corrected chi connectivity index (χ3v) is 2.34. The maximum atomic E-state index is 11.6. The largest absolute Gasteiger partial charge is 0.493 e. The van der Waals surface area contributed by atoms with E-state index in [-0.39, 0.29) is 5.78 Å². The Bertz CT molecular complexity index is 336. The van der Waals surface area contributed by atoms with Crippen molar-refractivity contribution in [3.63, 3.8) is 0 Å². The Morgan fingerprint density at radius 2 is 2.12 bits per heavy atom. The first-order valence-electron chi connectivity index (χ1n) is 5.69. The average molecular weight is 221 g/mol. The molecule has 0 bridgehead atoms. The van der Waals surface area contributed by atoms with Crippen LogP contribution in [-0.4, -0.2) is 26.0 Å². The van der Waals surface area contributed by atoms with E-state index in [4.69, 9.17) is 4.74 Å². The topological polar surface area (TPSA) is 38.3 Å². The molecule has 0 fully saturated rings. The van der Waals surface area contributed by atoms with Crippen molar-refractivity contribution in [3.8, 4) is 5.75 Å². The van der Waals surface area contributed by atoms with Crippen LogP contribution in [0.15, 0.2) is 24.3 Å². The molecule has 0 unspecified atom stereocenters. The fourth-order valence-electron chi connectivity index (χ4n) is 1.44. The molecule has 1 aromatic rings. The quantitative estimate of drug-likeness (QED) is 0.567. The van der Waals surface area contributed by atoms with Gasteiger partial charge < -0.3 is 10.1 Å². The average Bonchev–Trinajstić information content (AvgIpc) is 2.34. The van der Waals surface area contributed by atoms with E-state index < -0.39 is 0 Å². The van der Waals surface area contributed by atoms with E-state index in [0.717, 1.165) is 13.0 Å². The molecule has 88 valence electrons. The van der Waals surface area contributed by atoms with E-state index in [1.165, 1.54) is 0 Å². The monoisotopic (exact) mass is 221 g/mol. The highest BCUT2D eigenvalue weighted by Gasteiger charge is 2.09. The van der Waals surface area contributed by atoms with E-state index in [0.29, 0.717) is 24.3 Å². The van der Waals surface area contributed by atoms with Gasteiger partial charge in [-0.1, -0.05) is 19.1 Å². The molecule has 3 nitrogen and oxygen atoms in total.